The van der Waals surface area contributed by atoms with Gasteiger partial charge in [-0.2, -0.15) is 0 Å². The Bertz CT molecular complexity index is 367. The topological polar surface area (TPSA) is 43.1 Å². The van der Waals surface area contributed by atoms with Crippen molar-refractivity contribution >= 4 is 10.8 Å². The van der Waals surface area contributed by atoms with Gasteiger partial charge in [-0.15, -0.1) is 0 Å². The van der Waals surface area contributed by atoms with Gasteiger partial charge in [0.25, 0.3) is 0 Å². The Morgan fingerprint density at radius 1 is 1.19 bits per heavy atom. The summed E-state index contributed by atoms with van der Waals surface area (Å²) in [6, 6.07) is 6.30. The number of benzene rings is 1. The van der Waals surface area contributed by atoms with Gasteiger partial charge in [-0.05, 0) is 33.3 Å². The van der Waals surface area contributed by atoms with Crippen LogP contribution in [0.2, 0.25) is 0 Å². The van der Waals surface area contributed by atoms with E-state index in [4.69, 9.17) is 5.73 Å². The Morgan fingerprint density at radius 3 is 2.12 bits per heavy atom. The third-order valence-corrected chi connectivity index (χ3v) is 4.62. The van der Waals surface area contributed by atoms with Crippen LogP contribution in [0.25, 0.3) is 0 Å². The lowest BCUT2D eigenvalue weighted by Crippen LogP contribution is -2.33. The lowest BCUT2D eigenvalue weighted by atomic mass is 10.1. The van der Waals surface area contributed by atoms with Crippen LogP contribution in [0, 0.1) is 13.8 Å². The summed E-state index contributed by atoms with van der Waals surface area (Å²) in [5.41, 5.74) is 9.34. The van der Waals surface area contributed by atoms with E-state index in [9.17, 15) is 4.21 Å². The zero-order chi connectivity index (χ0) is 12.3. The number of hydrogen-bond acceptors (Lipinski definition) is 2. The Labute approximate surface area is 101 Å². The van der Waals surface area contributed by atoms with Crippen molar-refractivity contribution < 1.29 is 4.21 Å². The molecule has 1 aromatic rings. The lowest BCUT2D eigenvalue weighted by molar-refractivity contribution is 0.648. The van der Waals surface area contributed by atoms with Gasteiger partial charge in [0, 0.05) is 27.8 Å². The minimum Gasteiger partial charge on any atom is -0.327 e. The molecule has 2 nitrogen and oxygen atoms in total. The normalized spacial score (nSPS) is 16.8. The van der Waals surface area contributed by atoms with Crippen LogP contribution in [0.5, 0.6) is 0 Å². The molecule has 0 saturated carbocycles. The molecule has 0 amide bonds. The minimum atomic E-state index is -0.887. The molecule has 1 aromatic carbocycles. The summed E-state index contributed by atoms with van der Waals surface area (Å²) >= 11 is 0. The van der Waals surface area contributed by atoms with Crippen molar-refractivity contribution in [1.82, 2.24) is 0 Å². The zero-order valence-electron chi connectivity index (χ0n) is 10.5. The van der Waals surface area contributed by atoms with Crippen molar-refractivity contribution in [2.24, 2.45) is 5.73 Å². The first-order chi connectivity index (χ1) is 7.40. The first kappa shape index (κ1) is 13.4. The SMILES string of the molecule is Cc1cc(C)cc(CS(=O)C(C)C(C)N)c1. The van der Waals surface area contributed by atoms with Crippen LogP contribution in [0.15, 0.2) is 18.2 Å². The Hall–Kier alpha value is -0.670. The van der Waals surface area contributed by atoms with Crippen LogP contribution in [-0.4, -0.2) is 15.5 Å². The molecule has 16 heavy (non-hydrogen) atoms. The van der Waals surface area contributed by atoms with E-state index >= 15 is 0 Å². The van der Waals surface area contributed by atoms with Gasteiger partial charge in [-0.25, -0.2) is 0 Å². The van der Waals surface area contributed by atoms with E-state index in [1.165, 1.54) is 11.1 Å². The quantitative estimate of drug-likeness (QED) is 0.876. The van der Waals surface area contributed by atoms with Gasteiger partial charge in [0.05, 0.1) is 0 Å². The molecule has 0 saturated heterocycles. The highest BCUT2D eigenvalue weighted by Gasteiger charge is 2.15. The molecule has 0 heterocycles. The summed E-state index contributed by atoms with van der Waals surface area (Å²) in [6.45, 7) is 7.98. The summed E-state index contributed by atoms with van der Waals surface area (Å²) < 4.78 is 12.0. The molecule has 0 aliphatic heterocycles. The highest BCUT2D eigenvalue weighted by Crippen LogP contribution is 2.13. The van der Waals surface area contributed by atoms with E-state index in [0.717, 1.165) is 5.56 Å². The van der Waals surface area contributed by atoms with E-state index in [1.54, 1.807) is 0 Å². The minimum absolute atomic E-state index is 0.0215. The second-order valence-electron chi connectivity index (χ2n) is 4.59. The van der Waals surface area contributed by atoms with E-state index in [2.05, 4.69) is 32.0 Å². The van der Waals surface area contributed by atoms with Crippen molar-refractivity contribution in [2.45, 2.75) is 44.7 Å². The second kappa shape index (κ2) is 5.60. The first-order valence-corrected chi connectivity index (χ1v) is 6.98. The van der Waals surface area contributed by atoms with Crippen LogP contribution in [0.1, 0.15) is 30.5 Å². The van der Waals surface area contributed by atoms with Crippen LogP contribution in [0.3, 0.4) is 0 Å². The molecule has 0 aliphatic rings. The fourth-order valence-electron chi connectivity index (χ4n) is 1.69. The van der Waals surface area contributed by atoms with Gasteiger partial charge in [0.1, 0.15) is 0 Å². The first-order valence-electron chi connectivity index (χ1n) is 5.60. The highest BCUT2D eigenvalue weighted by atomic mass is 32.2. The van der Waals surface area contributed by atoms with Crippen molar-refractivity contribution in [3.63, 3.8) is 0 Å². The predicted molar refractivity (Wildman–Crippen MR) is 70.9 cm³/mol. The number of nitrogens with two attached hydrogens (primary N) is 1. The monoisotopic (exact) mass is 239 g/mol. The zero-order valence-corrected chi connectivity index (χ0v) is 11.3. The Balaban J connectivity index is 2.77. The van der Waals surface area contributed by atoms with Crippen LogP contribution in [0.4, 0.5) is 0 Å². The van der Waals surface area contributed by atoms with Gasteiger partial charge in [-0.1, -0.05) is 29.3 Å². The third-order valence-electron chi connectivity index (χ3n) is 2.75. The van der Waals surface area contributed by atoms with Crippen LogP contribution < -0.4 is 5.73 Å². The molecule has 0 radical (unpaired) electrons. The van der Waals surface area contributed by atoms with Gasteiger partial charge >= 0.3 is 0 Å². The van der Waals surface area contributed by atoms with E-state index < -0.39 is 10.8 Å². The number of hydrogen-bond donors (Lipinski definition) is 1. The van der Waals surface area contributed by atoms with Crippen molar-refractivity contribution in [1.29, 1.82) is 0 Å². The van der Waals surface area contributed by atoms with Gasteiger partial charge in [0.15, 0.2) is 0 Å². The summed E-state index contributed by atoms with van der Waals surface area (Å²) in [4.78, 5) is 0. The molecule has 0 spiro atoms. The molecule has 1 rings (SSSR count). The molecule has 3 heteroatoms. The molecule has 2 N–H and O–H groups in total. The largest absolute Gasteiger partial charge is 0.327 e. The molecule has 0 aliphatic carbocycles. The maximum atomic E-state index is 12.0. The molecule has 0 fully saturated rings. The highest BCUT2D eigenvalue weighted by molar-refractivity contribution is 7.84. The van der Waals surface area contributed by atoms with Gasteiger partial charge < -0.3 is 5.73 Å². The summed E-state index contributed by atoms with van der Waals surface area (Å²) in [7, 11) is -0.887. The molecule has 3 atom stereocenters. The smallest absolute Gasteiger partial charge is 0.0489 e. The lowest BCUT2D eigenvalue weighted by Gasteiger charge is -2.15. The third kappa shape index (κ3) is 3.72. The Kier molecular flexibility index (Phi) is 4.69. The van der Waals surface area contributed by atoms with E-state index in [-0.39, 0.29) is 11.3 Å². The van der Waals surface area contributed by atoms with Crippen LogP contribution >= 0.6 is 0 Å². The van der Waals surface area contributed by atoms with Crippen molar-refractivity contribution in [3.8, 4) is 0 Å². The molecular formula is C13H21NOS. The maximum absolute atomic E-state index is 12.0. The fraction of sp³-hybridized carbons (Fsp3) is 0.538. The number of rotatable bonds is 4. The average Bonchev–Trinajstić information content (AvgIpc) is 2.14. The van der Waals surface area contributed by atoms with E-state index in [1.807, 2.05) is 13.8 Å². The maximum Gasteiger partial charge on any atom is 0.0489 e. The molecule has 3 unspecified atom stereocenters. The summed E-state index contributed by atoms with van der Waals surface area (Å²) in [6.07, 6.45) is 0. The predicted octanol–water partition coefficient (Wildman–Crippen LogP) is 2.29. The van der Waals surface area contributed by atoms with E-state index in [0.29, 0.717) is 5.75 Å². The molecule has 90 valence electrons. The second-order valence-corrected chi connectivity index (χ2v) is 6.38. The number of aryl methyl sites for hydroxylation is 2. The van der Waals surface area contributed by atoms with Gasteiger partial charge in [0.2, 0.25) is 0 Å². The average molecular weight is 239 g/mol. The van der Waals surface area contributed by atoms with Gasteiger partial charge in [-0.3, -0.25) is 4.21 Å². The van der Waals surface area contributed by atoms with Crippen LogP contribution in [-0.2, 0) is 16.6 Å². The fourth-order valence-corrected chi connectivity index (χ4v) is 2.92. The van der Waals surface area contributed by atoms with Crippen molar-refractivity contribution in [2.75, 3.05) is 0 Å². The molecular weight excluding hydrogens is 218 g/mol. The Morgan fingerprint density at radius 2 is 1.69 bits per heavy atom. The molecule has 0 aromatic heterocycles. The summed E-state index contributed by atoms with van der Waals surface area (Å²) in [5, 5.41) is 0.0424. The standard InChI is InChI=1S/C13H21NOS/c1-9-5-10(2)7-13(6-9)8-16(15)12(4)11(3)14/h5-7,11-12H,8,14H2,1-4H3. The van der Waals surface area contributed by atoms with Crippen molar-refractivity contribution in [3.05, 3.63) is 34.9 Å². The molecule has 0 bridgehead atoms. The summed E-state index contributed by atoms with van der Waals surface area (Å²) in [5.74, 6) is 0.602.